The van der Waals surface area contributed by atoms with Gasteiger partial charge in [-0.2, -0.15) is 5.10 Å². The predicted octanol–water partition coefficient (Wildman–Crippen LogP) is 1.45. The molecule has 7 nitrogen and oxygen atoms in total. The topological polar surface area (TPSA) is 59.8 Å². The molecule has 0 saturated carbocycles. The molecule has 4 heterocycles. The van der Waals surface area contributed by atoms with E-state index < -0.39 is 12.1 Å². The van der Waals surface area contributed by atoms with Crippen LogP contribution in [-0.2, 0) is 16.5 Å². The second-order valence-electron chi connectivity index (χ2n) is 7.69. The number of aryl methyl sites for hydroxylation is 1. The normalized spacial score (nSPS) is 26.2. The Labute approximate surface area is 157 Å². The monoisotopic (exact) mass is 384 g/mol. The van der Waals surface area contributed by atoms with Crippen molar-refractivity contribution in [2.45, 2.75) is 37.3 Å². The lowest BCUT2D eigenvalue weighted by molar-refractivity contribution is -0.0401. The van der Waals surface area contributed by atoms with Crippen molar-refractivity contribution in [3.63, 3.8) is 0 Å². The molecule has 0 radical (unpaired) electrons. The number of morpholine rings is 1. The van der Waals surface area contributed by atoms with Gasteiger partial charge in [-0.05, 0) is 19.3 Å². The molecule has 150 valence electrons. The molecule has 4 rings (SSSR count). The number of halogens is 2. The smallest absolute Gasteiger partial charge is 0.282 e. The molecular formula is C18H26F2N4O3. The number of hydrogen-bond donors (Lipinski definition) is 0. The van der Waals surface area contributed by atoms with Gasteiger partial charge in [0.05, 0.1) is 31.0 Å². The van der Waals surface area contributed by atoms with E-state index in [1.807, 2.05) is 0 Å². The lowest BCUT2D eigenvalue weighted by atomic mass is 9.86. The van der Waals surface area contributed by atoms with Crippen LogP contribution in [-0.4, -0.2) is 83.1 Å². The van der Waals surface area contributed by atoms with Crippen molar-refractivity contribution in [1.82, 2.24) is 19.6 Å². The summed E-state index contributed by atoms with van der Waals surface area (Å²) in [5.74, 6) is -0.365. The van der Waals surface area contributed by atoms with E-state index >= 15 is 0 Å². The highest BCUT2D eigenvalue weighted by atomic mass is 19.3. The van der Waals surface area contributed by atoms with Gasteiger partial charge in [-0.25, -0.2) is 8.78 Å². The molecule has 1 atom stereocenters. The van der Waals surface area contributed by atoms with Crippen LogP contribution >= 0.6 is 0 Å². The van der Waals surface area contributed by atoms with E-state index in [2.05, 4.69) is 10.00 Å². The molecule has 1 amide bonds. The second kappa shape index (κ2) is 7.44. The number of nitrogens with zero attached hydrogens (tertiary/aromatic N) is 4. The summed E-state index contributed by atoms with van der Waals surface area (Å²) in [6.07, 6.45) is 1.07. The predicted molar refractivity (Wildman–Crippen MR) is 92.8 cm³/mol. The number of carbonyl (C=O) groups is 1. The fourth-order valence-electron chi connectivity index (χ4n) is 4.47. The van der Waals surface area contributed by atoms with Crippen LogP contribution in [0.1, 0.15) is 41.7 Å². The molecule has 9 heteroatoms. The molecule has 0 aliphatic carbocycles. The summed E-state index contributed by atoms with van der Waals surface area (Å²) in [4.78, 5) is 16.8. The first-order valence-electron chi connectivity index (χ1n) is 9.54. The number of hydrogen-bond acceptors (Lipinski definition) is 5. The zero-order valence-corrected chi connectivity index (χ0v) is 15.6. The van der Waals surface area contributed by atoms with Crippen LogP contribution in [0.2, 0.25) is 0 Å². The quantitative estimate of drug-likeness (QED) is 0.790. The van der Waals surface area contributed by atoms with Gasteiger partial charge in [0, 0.05) is 45.5 Å². The Morgan fingerprint density at radius 1 is 1.26 bits per heavy atom. The third-order valence-corrected chi connectivity index (χ3v) is 6.01. The number of rotatable bonds is 3. The summed E-state index contributed by atoms with van der Waals surface area (Å²) < 4.78 is 39.2. The Balaban J connectivity index is 1.37. The molecule has 27 heavy (non-hydrogen) atoms. The van der Waals surface area contributed by atoms with Gasteiger partial charge in [0.15, 0.2) is 0 Å². The molecule has 1 aromatic rings. The van der Waals surface area contributed by atoms with Crippen molar-refractivity contribution >= 4 is 5.91 Å². The standard InChI is InChI=1S/C18H26F2N4O3/c1-22-11-14(15(21-22)16(19)20)17(25)24-4-2-18(3-5-24)10-13(12-27-18)23-6-8-26-9-7-23/h11,13,16H,2-10,12H2,1H3/t13-/m0/s1. The first-order valence-corrected chi connectivity index (χ1v) is 9.54. The summed E-state index contributed by atoms with van der Waals surface area (Å²) >= 11 is 0. The van der Waals surface area contributed by atoms with Crippen molar-refractivity contribution < 1.29 is 23.0 Å². The zero-order valence-electron chi connectivity index (χ0n) is 15.6. The summed E-state index contributed by atoms with van der Waals surface area (Å²) in [6, 6.07) is 0.403. The van der Waals surface area contributed by atoms with Crippen LogP contribution in [0.25, 0.3) is 0 Å². The van der Waals surface area contributed by atoms with E-state index in [-0.39, 0.29) is 17.1 Å². The van der Waals surface area contributed by atoms with Crippen LogP contribution in [0.3, 0.4) is 0 Å². The highest BCUT2D eigenvalue weighted by Gasteiger charge is 2.45. The number of alkyl halides is 2. The number of amides is 1. The highest BCUT2D eigenvalue weighted by Crippen LogP contribution is 2.38. The molecule has 0 unspecified atom stereocenters. The fourth-order valence-corrected chi connectivity index (χ4v) is 4.47. The lowest BCUT2D eigenvalue weighted by Crippen LogP contribution is -2.48. The first kappa shape index (κ1) is 18.8. The van der Waals surface area contributed by atoms with E-state index in [0.29, 0.717) is 25.7 Å². The average Bonchev–Trinajstić information content (AvgIpc) is 3.27. The number of carbonyl (C=O) groups excluding carboxylic acids is 1. The van der Waals surface area contributed by atoms with Crippen molar-refractivity contribution in [1.29, 1.82) is 0 Å². The van der Waals surface area contributed by atoms with Crippen molar-refractivity contribution in [3.8, 4) is 0 Å². The minimum atomic E-state index is -2.76. The van der Waals surface area contributed by atoms with Gasteiger partial charge in [0.2, 0.25) is 0 Å². The van der Waals surface area contributed by atoms with Gasteiger partial charge in [0.1, 0.15) is 5.69 Å². The minimum Gasteiger partial charge on any atom is -0.379 e. The van der Waals surface area contributed by atoms with Crippen molar-refractivity contribution in [2.24, 2.45) is 7.05 Å². The summed E-state index contributed by atoms with van der Waals surface area (Å²) in [5.41, 5.74) is -0.630. The molecule has 3 aliphatic heterocycles. The number of aromatic nitrogens is 2. The van der Waals surface area contributed by atoms with Crippen LogP contribution in [0.15, 0.2) is 6.20 Å². The largest absolute Gasteiger partial charge is 0.379 e. The van der Waals surface area contributed by atoms with Crippen LogP contribution < -0.4 is 0 Å². The maximum Gasteiger partial charge on any atom is 0.282 e. The van der Waals surface area contributed by atoms with Crippen LogP contribution in [0.5, 0.6) is 0 Å². The van der Waals surface area contributed by atoms with Crippen LogP contribution in [0.4, 0.5) is 8.78 Å². The Bertz CT molecular complexity index is 682. The molecule has 3 aliphatic rings. The van der Waals surface area contributed by atoms with E-state index in [1.165, 1.54) is 10.9 Å². The minimum absolute atomic E-state index is 0.00184. The summed E-state index contributed by atoms with van der Waals surface area (Å²) in [7, 11) is 1.55. The van der Waals surface area contributed by atoms with Crippen molar-refractivity contribution in [3.05, 3.63) is 17.5 Å². The number of likely N-dealkylation sites (tertiary alicyclic amines) is 1. The Morgan fingerprint density at radius 2 is 1.96 bits per heavy atom. The summed E-state index contributed by atoms with van der Waals surface area (Å²) in [5, 5.41) is 3.74. The van der Waals surface area contributed by atoms with Crippen molar-refractivity contribution in [2.75, 3.05) is 46.0 Å². The maximum atomic E-state index is 13.1. The molecule has 0 N–H and O–H groups in total. The lowest BCUT2D eigenvalue weighted by Gasteiger charge is -2.39. The van der Waals surface area contributed by atoms with Crippen LogP contribution in [0, 0.1) is 0 Å². The molecule has 1 spiro atoms. The Kier molecular flexibility index (Phi) is 5.17. The van der Waals surface area contributed by atoms with Gasteiger partial charge in [-0.1, -0.05) is 0 Å². The van der Waals surface area contributed by atoms with Gasteiger partial charge >= 0.3 is 0 Å². The van der Waals surface area contributed by atoms with E-state index in [4.69, 9.17) is 9.47 Å². The maximum absolute atomic E-state index is 13.1. The molecular weight excluding hydrogens is 358 g/mol. The highest BCUT2D eigenvalue weighted by molar-refractivity contribution is 5.95. The summed E-state index contributed by atoms with van der Waals surface area (Å²) in [6.45, 7) is 5.16. The molecule has 0 aromatic carbocycles. The van der Waals surface area contributed by atoms with Gasteiger partial charge in [-0.15, -0.1) is 0 Å². The SMILES string of the molecule is Cn1cc(C(=O)N2CCC3(CC2)C[C@H](N2CCOCC2)CO3)c(C(F)F)n1. The average molecular weight is 384 g/mol. The fraction of sp³-hybridized carbons (Fsp3) is 0.778. The molecule has 3 saturated heterocycles. The molecule has 0 bridgehead atoms. The number of piperidine rings is 1. The Morgan fingerprint density at radius 3 is 2.63 bits per heavy atom. The van der Waals surface area contributed by atoms with Gasteiger partial charge < -0.3 is 14.4 Å². The third kappa shape index (κ3) is 3.72. The van der Waals surface area contributed by atoms with E-state index in [9.17, 15) is 13.6 Å². The molecule has 3 fully saturated rings. The van der Waals surface area contributed by atoms with E-state index in [1.54, 1.807) is 11.9 Å². The molecule has 1 aromatic heterocycles. The van der Waals surface area contributed by atoms with Gasteiger partial charge in [-0.3, -0.25) is 14.4 Å². The third-order valence-electron chi connectivity index (χ3n) is 6.01. The first-order chi connectivity index (χ1) is 13.0. The second-order valence-corrected chi connectivity index (χ2v) is 7.69. The number of ether oxygens (including phenoxy) is 2. The van der Waals surface area contributed by atoms with E-state index in [0.717, 1.165) is 45.6 Å². The Hall–Kier alpha value is -1.58. The zero-order chi connectivity index (χ0) is 19.0. The van der Waals surface area contributed by atoms with Gasteiger partial charge in [0.25, 0.3) is 12.3 Å².